The largest absolute Gasteiger partial charge is 0.243 e. The Balaban J connectivity index is 3.23. The Morgan fingerprint density at radius 3 is 1.84 bits per heavy atom. The first-order valence-corrected chi connectivity index (χ1v) is 8.07. The molecule has 0 amide bonds. The Kier molecular flexibility index (Phi) is 5.50. The molecule has 0 saturated carbocycles. The molecule has 0 radical (unpaired) electrons. The van der Waals surface area contributed by atoms with Crippen molar-refractivity contribution in [3.63, 3.8) is 0 Å². The molecule has 3 nitrogen and oxygen atoms in total. The first-order chi connectivity index (χ1) is 8.84. The third-order valence-electron chi connectivity index (χ3n) is 3.44. The second kappa shape index (κ2) is 6.48. The maximum absolute atomic E-state index is 12.9. The molecule has 0 aromatic heterocycles. The summed E-state index contributed by atoms with van der Waals surface area (Å²) in [6.45, 7) is 7.71. The Bertz CT molecular complexity index is 489. The van der Waals surface area contributed by atoms with E-state index < -0.39 is 15.8 Å². The van der Waals surface area contributed by atoms with Gasteiger partial charge in [-0.3, -0.25) is 0 Å². The molecule has 0 aliphatic rings. The zero-order valence-electron chi connectivity index (χ0n) is 11.9. The minimum Gasteiger partial charge on any atom is -0.207 e. The Hall–Kier alpha value is -0.940. The molecule has 0 fully saturated rings. The van der Waals surface area contributed by atoms with Gasteiger partial charge in [-0.25, -0.2) is 12.8 Å². The van der Waals surface area contributed by atoms with E-state index in [9.17, 15) is 12.8 Å². The summed E-state index contributed by atoms with van der Waals surface area (Å²) in [4.78, 5) is 0.148. The third-order valence-corrected chi connectivity index (χ3v) is 5.58. The lowest BCUT2D eigenvalue weighted by atomic mass is 10.2. The van der Waals surface area contributed by atoms with Crippen LogP contribution in [0.15, 0.2) is 29.2 Å². The summed E-state index contributed by atoms with van der Waals surface area (Å²) in [5.74, 6) is -0.433. The Morgan fingerprint density at radius 1 is 1.05 bits per heavy atom. The zero-order valence-corrected chi connectivity index (χ0v) is 12.7. The van der Waals surface area contributed by atoms with Gasteiger partial charge in [-0.2, -0.15) is 4.31 Å². The number of sulfonamides is 1. The molecule has 0 bridgehead atoms. The lowest BCUT2D eigenvalue weighted by Gasteiger charge is -2.32. The van der Waals surface area contributed by atoms with E-state index in [-0.39, 0.29) is 17.0 Å². The van der Waals surface area contributed by atoms with Crippen LogP contribution in [0, 0.1) is 5.82 Å². The Labute approximate surface area is 115 Å². The van der Waals surface area contributed by atoms with Gasteiger partial charge in [0.05, 0.1) is 4.90 Å². The summed E-state index contributed by atoms with van der Waals surface area (Å²) in [5, 5.41) is 0. The molecule has 108 valence electrons. The molecule has 0 saturated heterocycles. The highest BCUT2D eigenvalue weighted by Crippen LogP contribution is 2.23. The highest BCUT2D eigenvalue weighted by molar-refractivity contribution is 7.89. The van der Waals surface area contributed by atoms with Crippen LogP contribution in [0.2, 0.25) is 0 Å². The summed E-state index contributed by atoms with van der Waals surface area (Å²) < 4.78 is 39.7. The number of rotatable bonds is 6. The molecule has 0 heterocycles. The van der Waals surface area contributed by atoms with E-state index in [1.165, 1.54) is 28.6 Å². The maximum Gasteiger partial charge on any atom is 0.243 e. The van der Waals surface area contributed by atoms with Crippen molar-refractivity contribution in [2.24, 2.45) is 0 Å². The van der Waals surface area contributed by atoms with Crippen LogP contribution < -0.4 is 0 Å². The van der Waals surface area contributed by atoms with Crippen LogP contribution in [-0.4, -0.2) is 24.8 Å². The highest BCUT2D eigenvalue weighted by atomic mass is 32.2. The number of halogens is 1. The molecule has 0 aliphatic heterocycles. The van der Waals surface area contributed by atoms with E-state index in [0.717, 1.165) is 12.8 Å². The van der Waals surface area contributed by atoms with Gasteiger partial charge in [-0.05, 0) is 51.0 Å². The smallest absolute Gasteiger partial charge is 0.207 e. The molecule has 0 spiro atoms. The van der Waals surface area contributed by atoms with Crippen molar-refractivity contribution in [3.05, 3.63) is 30.1 Å². The molecule has 2 atom stereocenters. The van der Waals surface area contributed by atoms with E-state index in [1.54, 1.807) is 0 Å². The predicted octanol–water partition coefficient (Wildman–Crippen LogP) is 3.41. The molecule has 0 aliphatic carbocycles. The molecule has 2 unspecified atom stereocenters. The molecule has 0 N–H and O–H groups in total. The molecule has 5 heteroatoms. The second-order valence-corrected chi connectivity index (χ2v) is 6.65. The SMILES string of the molecule is CCC(C)N(C(C)CC)S(=O)(=O)c1ccc(F)cc1. The quantitative estimate of drug-likeness (QED) is 0.804. The van der Waals surface area contributed by atoms with Crippen molar-refractivity contribution in [2.75, 3.05) is 0 Å². The minimum absolute atomic E-state index is 0.0787. The van der Waals surface area contributed by atoms with Crippen molar-refractivity contribution < 1.29 is 12.8 Å². The third kappa shape index (κ3) is 3.54. The number of benzene rings is 1. The van der Waals surface area contributed by atoms with E-state index in [1.807, 2.05) is 27.7 Å². The van der Waals surface area contributed by atoms with Gasteiger partial charge in [0.25, 0.3) is 0 Å². The average Bonchev–Trinajstić information content (AvgIpc) is 2.38. The first kappa shape index (κ1) is 16.1. The topological polar surface area (TPSA) is 37.4 Å². The van der Waals surface area contributed by atoms with Crippen LogP contribution in [0.5, 0.6) is 0 Å². The van der Waals surface area contributed by atoms with Crippen LogP contribution >= 0.6 is 0 Å². The lowest BCUT2D eigenvalue weighted by molar-refractivity contribution is 0.262. The fourth-order valence-corrected chi connectivity index (χ4v) is 3.97. The van der Waals surface area contributed by atoms with Crippen molar-refractivity contribution in [1.29, 1.82) is 0 Å². The number of hydrogen-bond acceptors (Lipinski definition) is 2. The summed E-state index contributed by atoms with van der Waals surface area (Å²) in [6.07, 6.45) is 1.48. The molecular weight excluding hydrogens is 265 g/mol. The fourth-order valence-electron chi connectivity index (χ4n) is 2.00. The van der Waals surface area contributed by atoms with Gasteiger partial charge < -0.3 is 0 Å². The standard InChI is InChI=1S/C14H22FNO2S/c1-5-11(3)16(12(4)6-2)19(17,18)14-9-7-13(15)8-10-14/h7-12H,5-6H2,1-4H3. The van der Waals surface area contributed by atoms with Gasteiger partial charge in [0.15, 0.2) is 0 Å². The first-order valence-electron chi connectivity index (χ1n) is 6.63. The second-order valence-electron chi connectivity index (χ2n) is 4.80. The van der Waals surface area contributed by atoms with Crippen LogP contribution in [0.1, 0.15) is 40.5 Å². The molecular formula is C14H22FNO2S. The summed E-state index contributed by atoms with van der Waals surface area (Å²) in [5.41, 5.74) is 0. The number of hydrogen-bond donors (Lipinski definition) is 0. The van der Waals surface area contributed by atoms with E-state index in [2.05, 4.69) is 0 Å². The monoisotopic (exact) mass is 287 g/mol. The molecule has 1 aromatic rings. The molecule has 1 aromatic carbocycles. The van der Waals surface area contributed by atoms with Gasteiger partial charge in [0.1, 0.15) is 5.82 Å². The van der Waals surface area contributed by atoms with E-state index in [0.29, 0.717) is 0 Å². The van der Waals surface area contributed by atoms with Crippen molar-refractivity contribution in [1.82, 2.24) is 4.31 Å². The summed E-state index contributed by atoms with van der Waals surface area (Å²) in [7, 11) is -3.57. The van der Waals surface area contributed by atoms with Gasteiger partial charge in [0, 0.05) is 12.1 Å². The van der Waals surface area contributed by atoms with E-state index in [4.69, 9.17) is 0 Å². The van der Waals surface area contributed by atoms with Gasteiger partial charge in [-0.15, -0.1) is 0 Å². The maximum atomic E-state index is 12.9. The van der Waals surface area contributed by atoms with E-state index >= 15 is 0 Å². The Morgan fingerprint density at radius 2 is 1.47 bits per heavy atom. The van der Waals surface area contributed by atoms with Crippen molar-refractivity contribution in [2.45, 2.75) is 57.5 Å². The lowest BCUT2D eigenvalue weighted by Crippen LogP contribution is -2.44. The van der Waals surface area contributed by atoms with Gasteiger partial charge in [0.2, 0.25) is 10.0 Å². The van der Waals surface area contributed by atoms with Crippen LogP contribution in [0.3, 0.4) is 0 Å². The predicted molar refractivity (Wildman–Crippen MR) is 74.9 cm³/mol. The van der Waals surface area contributed by atoms with Crippen molar-refractivity contribution in [3.8, 4) is 0 Å². The fraction of sp³-hybridized carbons (Fsp3) is 0.571. The van der Waals surface area contributed by atoms with Crippen molar-refractivity contribution >= 4 is 10.0 Å². The average molecular weight is 287 g/mol. The summed E-state index contributed by atoms with van der Waals surface area (Å²) in [6, 6.07) is 4.84. The summed E-state index contributed by atoms with van der Waals surface area (Å²) >= 11 is 0. The number of nitrogens with zero attached hydrogens (tertiary/aromatic N) is 1. The van der Waals surface area contributed by atoms with Crippen LogP contribution in [0.4, 0.5) is 4.39 Å². The minimum atomic E-state index is -3.57. The molecule has 1 rings (SSSR count). The van der Waals surface area contributed by atoms with Gasteiger partial charge >= 0.3 is 0 Å². The van der Waals surface area contributed by atoms with Crippen LogP contribution in [0.25, 0.3) is 0 Å². The van der Waals surface area contributed by atoms with Crippen LogP contribution in [-0.2, 0) is 10.0 Å². The molecule has 19 heavy (non-hydrogen) atoms. The normalized spacial score (nSPS) is 15.5. The highest BCUT2D eigenvalue weighted by Gasteiger charge is 2.31. The van der Waals surface area contributed by atoms with Gasteiger partial charge in [-0.1, -0.05) is 13.8 Å². The zero-order chi connectivity index (χ0) is 14.6.